The van der Waals surface area contributed by atoms with Crippen LogP contribution in [0, 0.1) is 5.92 Å². The lowest BCUT2D eigenvalue weighted by Crippen LogP contribution is -2.12. The van der Waals surface area contributed by atoms with Crippen molar-refractivity contribution in [1.82, 2.24) is 0 Å². The summed E-state index contributed by atoms with van der Waals surface area (Å²) in [5.41, 5.74) is 0.334. The van der Waals surface area contributed by atoms with Gasteiger partial charge in [0.25, 0.3) is 0 Å². The summed E-state index contributed by atoms with van der Waals surface area (Å²) in [5.74, 6) is 0.195. The van der Waals surface area contributed by atoms with Crippen molar-refractivity contribution in [2.45, 2.75) is 39.4 Å². The molecule has 0 saturated heterocycles. The van der Waals surface area contributed by atoms with Crippen LogP contribution in [0.3, 0.4) is 0 Å². The fraction of sp³-hybridized carbons (Fsp3) is 0.778. The van der Waals surface area contributed by atoms with Crippen molar-refractivity contribution in [2.24, 2.45) is 10.9 Å². The third-order valence-corrected chi connectivity index (χ3v) is 2.44. The number of carbonyl (C=O) groups is 1. The molecule has 1 atom stereocenters. The monoisotopic (exact) mass is 201 g/mol. The molecule has 0 aliphatic carbocycles. The first kappa shape index (κ1) is 10.7. The van der Waals surface area contributed by atoms with Gasteiger partial charge in [0.1, 0.15) is 0 Å². The number of ether oxygens (including phenoxy) is 1. The molecule has 0 aromatic rings. The molecule has 1 unspecified atom stereocenters. The largest absolute Gasteiger partial charge is 0.344 e. The van der Waals surface area contributed by atoms with Gasteiger partial charge in [0.05, 0.1) is 11.8 Å². The maximum absolute atomic E-state index is 11.4. The summed E-state index contributed by atoms with van der Waals surface area (Å²) in [7, 11) is 0. The van der Waals surface area contributed by atoms with Gasteiger partial charge in [-0.3, -0.25) is 4.79 Å². The van der Waals surface area contributed by atoms with Gasteiger partial charge in [0.15, 0.2) is 0 Å². The lowest BCUT2D eigenvalue weighted by molar-refractivity contribution is -0.105. The van der Waals surface area contributed by atoms with E-state index in [0.29, 0.717) is 5.71 Å². The van der Waals surface area contributed by atoms with Gasteiger partial charge in [-0.1, -0.05) is 13.8 Å². The van der Waals surface area contributed by atoms with Crippen LogP contribution >= 0.6 is 11.8 Å². The van der Waals surface area contributed by atoms with E-state index in [1.165, 1.54) is 11.8 Å². The Labute approximate surface area is 82.9 Å². The Hall–Kier alpha value is -0.350. The van der Waals surface area contributed by atoms with E-state index in [1.807, 2.05) is 27.7 Å². The van der Waals surface area contributed by atoms with Gasteiger partial charge in [0.2, 0.25) is 10.7 Å². The topological polar surface area (TPSA) is 38.7 Å². The molecule has 1 aliphatic rings. The standard InChI is InChI=1S/C9H15NO2S/c1-5(2)7-8(11)13-9(10-7)12-6(3)4/h5-6,9H,1-4H3. The van der Waals surface area contributed by atoms with Crippen molar-refractivity contribution in [2.75, 3.05) is 0 Å². The van der Waals surface area contributed by atoms with Gasteiger partial charge in [-0.05, 0) is 31.5 Å². The average molecular weight is 201 g/mol. The van der Waals surface area contributed by atoms with Gasteiger partial charge in [-0.2, -0.15) is 0 Å². The molecule has 0 N–H and O–H groups in total. The molecule has 0 aromatic heterocycles. The predicted molar refractivity (Wildman–Crippen MR) is 54.9 cm³/mol. The number of thioether (sulfide) groups is 1. The molecule has 3 nitrogen and oxygen atoms in total. The average Bonchev–Trinajstić information content (AvgIpc) is 2.29. The van der Waals surface area contributed by atoms with E-state index in [1.54, 1.807) is 0 Å². The second-order valence-corrected chi connectivity index (χ2v) is 4.58. The molecule has 0 fully saturated rings. The van der Waals surface area contributed by atoms with Crippen LogP contribution in [0.2, 0.25) is 0 Å². The molecule has 74 valence electrons. The molecular formula is C9H15NO2S. The highest BCUT2D eigenvalue weighted by molar-refractivity contribution is 8.16. The zero-order valence-corrected chi connectivity index (χ0v) is 9.22. The Bertz CT molecular complexity index is 236. The maximum Gasteiger partial charge on any atom is 0.237 e. The lowest BCUT2D eigenvalue weighted by atomic mass is 10.1. The lowest BCUT2D eigenvalue weighted by Gasteiger charge is -2.09. The van der Waals surface area contributed by atoms with Crippen LogP contribution in [0.15, 0.2) is 4.99 Å². The van der Waals surface area contributed by atoms with E-state index < -0.39 is 0 Å². The first-order valence-electron chi connectivity index (χ1n) is 4.45. The molecular weight excluding hydrogens is 186 g/mol. The van der Waals surface area contributed by atoms with Gasteiger partial charge in [-0.25, -0.2) is 4.99 Å². The number of hydrogen-bond donors (Lipinski definition) is 0. The summed E-state index contributed by atoms with van der Waals surface area (Å²) in [6.45, 7) is 7.81. The molecule has 1 rings (SSSR count). The number of rotatable bonds is 3. The van der Waals surface area contributed by atoms with Crippen molar-refractivity contribution >= 4 is 22.6 Å². The van der Waals surface area contributed by atoms with Crippen molar-refractivity contribution in [3.05, 3.63) is 0 Å². The first-order chi connectivity index (χ1) is 6.00. The molecule has 1 heterocycles. The minimum Gasteiger partial charge on any atom is -0.344 e. The minimum absolute atomic E-state index is 0.0562. The molecule has 0 spiro atoms. The third-order valence-electron chi connectivity index (χ3n) is 1.60. The van der Waals surface area contributed by atoms with E-state index in [4.69, 9.17) is 4.74 Å². The Morgan fingerprint density at radius 1 is 1.38 bits per heavy atom. The smallest absolute Gasteiger partial charge is 0.237 e. The number of hydrogen-bond acceptors (Lipinski definition) is 4. The van der Waals surface area contributed by atoms with E-state index >= 15 is 0 Å². The maximum atomic E-state index is 11.4. The Kier molecular flexibility index (Phi) is 3.50. The minimum atomic E-state index is -0.315. The Morgan fingerprint density at radius 2 is 2.00 bits per heavy atom. The van der Waals surface area contributed by atoms with Crippen molar-refractivity contribution in [3.8, 4) is 0 Å². The van der Waals surface area contributed by atoms with Crippen LogP contribution in [0.25, 0.3) is 0 Å². The van der Waals surface area contributed by atoms with Gasteiger partial charge in [-0.15, -0.1) is 0 Å². The summed E-state index contributed by atoms with van der Waals surface area (Å²) in [6, 6.07) is 0. The van der Waals surface area contributed by atoms with Crippen molar-refractivity contribution in [3.63, 3.8) is 0 Å². The third kappa shape index (κ3) is 2.81. The van der Waals surface area contributed by atoms with Crippen LogP contribution < -0.4 is 0 Å². The summed E-state index contributed by atoms with van der Waals surface area (Å²) in [6.07, 6.45) is 0.112. The Balaban J connectivity index is 2.61. The summed E-state index contributed by atoms with van der Waals surface area (Å²) in [4.78, 5) is 15.6. The molecule has 0 aromatic carbocycles. The summed E-state index contributed by atoms with van der Waals surface area (Å²) >= 11 is 1.17. The van der Waals surface area contributed by atoms with Crippen LogP contribution in [-0.2, 0) is 9.53 Å². The molecule has 0 bridgehead atoms. The highest BCUT2D eigenvalue weighted by atomic mass is 32.2. The zero-order valence-electron chi connectivity index (χ0n) is 8.40. The molecule has 1 aliphatic heterocycles. The van der Waals surface area contributed by atoms with Gasteiger partial charge < -0.3 is 4.74 Å². The van der Waals surface area contributed by atoms with Crippen molar-refractivity contribution in [1.29, 1.82) is 0 Å². The highest BCUT2D eigenvalue weighted by Crippen LogP contribution is 2.26. The van der Waals surface area contributed by atoms with Gasteiger partial charge >= 0.3 is 0 Å². The van der Waals surface area contributed by atoms with Crippen LogP contribution in [-0.4, -0.2) is 22.5 Å². The molecule has 0 saturated carbocycles. The van der Waals surface area contributed by atoms with E-state index in [-0.39, 0.29) is 22.7 Å². The second kappa shape index (κ2) is 4.24. The first-order valence-corrected chi connectivity index (χ1v) is 5.32. The predicted octanol–water partition coefficient (Wildman–Crippen LogP) is 2.07. The van der Waals surface area contributed by atoms with Crippen LogP contribution in [0.5, 0.6) is 0 Å². The highest BCUT2D eigenvalue weighted by Gasteiger charge is 2.29. The van der Waals surface area contributed by atoms with Crippen molar-refractivity contribution < 1.29 is 9.53 Å². The quantitative estimate of drug-likeness (QED) is 0.701. The second-order valence-electron chi connectivity index (χ2n) is 3.57. The fourth-order valence-electron chi connectivity index (χ4n) is 1.02. The molecule has 0 amide bonds. The van der Waals surface area contributed by atoms with Crippen LogP contribution in [0.1, 0.15) is 27.7 Å². The van der Waals surface area contributed by atoms with E-state index in [2.05, 4.69) is 4.99 Å². The molecule has 13 heavy (non-hydrogen) atoms. The number of carbonyl (C=O) groups excluding carboxylic acids is 1. The van der Waals surface area contributed by atoms with E-state index in [0.717, 1.165) is 0 Å². The van der Waals surface area contributed by atoms with E-state index in [9.17, 15) is 4.79 Å². The molecule has 4 heteroatoms. The van der Waals surface area contributed by atoms with Crippen LogP contribution in [0.4, 0.5) is 0 Å². The summed E-state index contributed by atoms with van der Waals surface area (Å²) in [5, 5.41) is 0.0562. The summed E-state index contributed by atoms with van der Waals surface area (Å²) < 4.78 is 5.42. The zero-order chi connectivity index (χ0) is 10.0. The normalized spacial score (nSPS) is 23.1. The fourth-order valence-corrected chi connectivity index (χ4v) is 2.06. The number of aliphatic imine (C=N–C) groups is 1. The SMILES string of the molecule is CC(C)OC1N=C(C(C)C)C(=O)S1. The Morgan fingerprint density at radius 3 is 2.38 bits per heavy atom. The van der Waals surface area contributed by atoms with Gasteiger partial charge in [0, 0.05) is 0 Å². The molecule has 0 radical (unpaired) electrons. The number of nitrogens with zero attached hydrogens (tertiary/aromatic N) is 1.